The van der Waals surface area contributed by atoms with E-state index in [1.165, 1.54) is 22.3 Å². The summed E-state index contributed by atoms with van der Waals surface area (Å²) in [5, 5.41) is 0. The number of rotatable bonds is 2. The van der Waals surface area contributed by atoms with Gasteiger partial charge in [0.05, 0.1) is 0 Å². The van der Waals surface area contributed by atoms with Crippen LogP contribution in [0.15, 0.2) is 58.5 Å². The molecule has 0 N–H and O–H groups in total. The number of halogens is 2. The van der Waals surface area contributed by atoms with Crippen molar-refractivity contribution >= 4 is 32.2 Å². The molecule has 0 spiro atoms. The number of hydrogen-bond donors (Lipinski definition) is 0. The van der Waals surface area contributed by atoms with Gasteiger partial charge in [-0.1, -0.05) is 48.5 Å². The molecule has 0 saturated heterocycles. The van der Waals surface area contributed by atoms with Gasteiger partial charge in [0, 0.05) is 12.8 Å². The summed E-state index contributed by atoms with van der Waals surface area (Å²) in [5.74, 6) is 1.75. The van der Waals surface area contributed by atoms with Crippen molar-refractivity contribution in [2.24, 2.45) is 15.4 Å². The molecule has 0 unspecified atom stereocenters. The second kappa shape index (κ2) is 7.26. The molecule has 0 radical (unpaired) electrons. The van der Waals surface area contributed by atoms with E-state index in [1.54, 1.807) is 0 Å². The summed E-state index contributed by atoms with van der Waals surface area (Å²) in [6.07, 6.45) is 4.28. The molecular formula is C23H20Cl2N2NiO2. The number of aliphatic imine (C=N–C) groups is 2. The first-order chi connectivity index (χ1) is 14.7. The average molecular weight is 486 g/mol. The van der Waals surface area contributed by atoms with Gasteiger partial charge in [-0.15, -0.1) is 0 Å². The molecule has 7 rings (SSSR count). The maximum absolute atomic E-state index is 6.39. The SMILES string of the molecule is [Cl][Ni][Cl].c1ccc2c(c1)C[C@@H]1OC(C3(C4=N[C@@H]5c6ccccc6C[C@@H]5O4)CC3)=N[C@H]21. The summed E-state index contributed by atoms with van der Waals surface area (Å²) in [7, 11) is 9.40. The molecule has 2 heterocycles. The summed E-state index contributed by atoms with van der Waals surface area (Å²) in [4.78, 5) is 10.1. The Balaban J connectivity index is 0.000000554. The zero-order valence-corrected chi connectivity index (χ0v) is 18.5. The van der Waals surface area contributed by atoms with Gasteiger partial charge in [-0.25, -0.2) is 9.98 Å². The largest absolute Gasteiger partial charge is 0.474 e. The molecule has 7 heteroatoms. The van der Waals surface area contributed by atoms with E-state index in [4.69, 9.17) is 39.8 Å². The molecule has 0 aromatic heterocycles. The van der Waals surface area contributed by atoms with Gasteiger partial charge in [-0.05, 0) is 35.1 Å². The molecule has 0 bridgehead atoms. The van der Waals surface area contributed by atoms with E-state index in [2.05, 4.69) is 48.5 Å². The van der Waals surface area contributed by atoms with E-state index in [9.17, 15) is 0 Å². The van der Waals surface area contributed by atoms with Crippen molar-refractivity contribution in [3.05, 3.63) is 70.8 Å². The van der Waals surface area contributed by atoms with Crippen molar-refractivity contribution in [1.29, 1.82) is 0 Å². The maximum Gasteiger partial charge on any atom is 0.200 e. The minimum absolute atomic E-state index is 0.149. The summed E-state index contributed by atoms with van der Waals surface area (Å²) < 4.78 is 12.8. The second-order valence-corrected chi connectivity index (χ2v) is 10.1. The van der Waals surface area contributed by atoms with Gasteiger partial charge in [0.25, 0.3) is 0 Å². The minimum Gasteiger partial charge on any atom is -0.474 e. The topological polar surface area (TPSA) is 43.2 Å². The van der Waals surface area contributed by atoms with Crippen LogP contribution in [0.2, 0.25) is 0 Å². The van der Waals surface area contributed by atoms with Crippen LogP contribution < -0.4 is 0 Å². The van der Waals surface area contributed by atoms with Gasteiger partial charge >= 0.3 is 33.0 Å². The Morgan fingerprint density at radius 3 is 1.63 bits per heavy atom. The Labute approximate surface area is 190 Å². The monoisotopic (exact) mass is 484 g/mol. The third-order valence-corrected chi connectivity index (χ3v) is 6.90. The van der Waals surface area contributed by atoms with Crippen molar-refractivity contribution in [2.45, 2.75) is 50.0 Å². The van der Waals surface area contributed by atoms with E-state index in [0.29, 0.717) is 12.7 Å². The first-order valence-corrected chi connectivity index (χ1v) is 12.9. The third-order valence-electron chi connectivity index (χ3n) is 6.90. The summed E-state index contributed by atoms with van der Waals surface area (Å²) in [6.45, 7) is 0. The van der Waals surface area contributed by atoms with Crippen LogP contribution in [0.5, 0.6) is 0 Å². The molecule has 30 heavy (non-hydrogen) atoms. The first kappa shape index (κ1) is 19.2. The minimum atomic E-state index is -0.196. The van der Waals surface area contributed by atoms with Crippen LogP contribution in [-0.4, -0.2) is 24.0 Å². The standard InChI is InChI=1S/C23H20N2O2.2ClH.Ni/c1-3-7-15-13(5-1)11-17-19(15)24-21(26-17)23(9-10-23)22-25-20-16-8-4-2-6-14(16)12-18(20)27-22;;;/h1-8,17-20H,9-12H2;2*1H;/q;;;+2/p-2/t17-,18-,19+,20+;;;/m0.../s1. The van der Waals surface area contributed by atoms with Crippen LogP contribution in [0.1, 0.15) is 47.2 Å². The molecule has 0 amide bonds. The summed E-state index contributed by atoms with van der Waals surface area (Å²) in [6, 6.07) is 17.5. The fraction of sp³-hybridized carbons (Fsp3) is 0.391. The molecule has 3 aliphatic carbocycles. The Kier molecular flexibility index (Phi) is 4.64. The van der Waals surface area contributed by atoms with Crippen molar-refractivity contribution in [2.75, 3.05) is 0 Å². The van der Waals surface area contributed by atoms with Crippen LogP contribution >= 0.6 is 20.4 Å². The summed E-state index contributed by atoms with van der Waals surface area (Å²) >= 11 is 0.569. The quantitative estimate of drug-likeness (QED) is 0.539. The maximum atomic E-state index is 6.39. The second-order valence-electron chi connectivity index (χ2n) is 8.50. The Bertz CT molecular complexity index is 989. The molecule has 2 aliphatic heterocycles. The predicted octanol–water partition coefficient (Wildman–Crippen LogP) is 5.33. The zero-order chi connectivity index (χ0) is 20.3. The molecule has 2 aromatic carbocycles. The fourth-order valence-electron chi connectivity index (χ4n) is 5.31. The van der Waals surface area contributed by atoms with E-state index in [-0.39, 0.29) is 29.7 Å². The van der Waals surface area contributed by atoms with E-state index >= 15 is 0 Å². The molecule has 158 valence electrons. The Hall–Kier alpha value is -1.55. The number of benzene rings is 2. The van der Waals surface area contributed by atoms with Crippen LogP contribution in [-0.2, 0) is 35.0 Å². The number of nitrogens with zero attached hydrogens (tertiary/aromatic N) is 2. The van der Waals surface area contributed by atoms with Crippen LogP contribution in [0, 0.1) is 5.41 Å². The van der Waals surface area contributed by atoms with Gasteiger partial charge in [0.15, 0.2) is 11.8 Å². The average Bonchev–Trinajstić information content (AvgIpc) is 3.06. The number of fused-ring (bicyclic) bond motifs is 6. The molecule has 1 saturated carbocycles. The Morgan fingerprint density at radius 1 is 0.767 bits per heavy atom. The Morgan fingerprint density at radius 2 is 1.20 bits per heavy atom. The van der Waals surface area contributed by atoms with Gasteiger partial charge in [-0.3, -0.25) is 0 Å². The van der Waals surface area contributed by atoms with Gasteiger partial charge < -0.3 is 9.47 Å². The molecule has 1 fully saturated rings. The zero-order valence-electron chi connectivity index (χ0n) is 16.0. The van der Waals surface area contributed by atoms with Crippen LogP contribution in [0.25, 0.3) is 0 Å². The molecular weight excluding hydrogens is 466 g/mol. The van der Waals surface area contributed by atoms with Crippen molar-refractivity contribution in [3.8, 4) is 0 Å². The van der Waals surface area contributed by atoms with Gasteiger partial charge in [-0.2, -0.15) is 0 Å². The predicted molar refractivity (Wildman–Crippen MR) is 114 cm³/mol. The summed E-state index contributed by atoms with van der Waals surface area (Å²) in [5.41, 5.74) is 5.21. The van der Waals surface area contributed by atoms with Crippen molar-refractivity contribution in [1.82, 2.24) is 0 Å². The van der Waals surface area contributed by atoms with E-state index < -0.39 is 0 Å². The van der Waals surface area contributed by atoms with Crippen LogP contribution in [0.3, 0.4) is 0 Å². The number of hydrogen-bond acceptors (Lipinski definition) is 4. The molecule has 5 aliphatic rings. The van der Waals surface area contributed by atoms with Crippen molar-refractivity contribution in [3.63, 3.8) is 0 Å². The van der Waals surface area contributed by atoms with Crippen molar-refractivity contribution < 1.29 is 22.1 Å². The molecule has 4 atom stereocenters. The molecule has 2 aromatic rings. The van der Waals surface area contributed by atoms with Gasteiger partial charge in [0.2, 0.25) is 0 Å². The van der Waals surface area contributed by atoms with Crippen LogP contribution in [0.4, 0.5) is 0 Å². The van der Waals surface area contributed by atoms with E-state index in [1.807, 2.05) is 0 Å². The van der Waals surface area contributed by atoms with E-state index in [0.717, 1.165) is 37.5 Å². The third kappa shape index (κ3) is 2.86. The number of ether oxygens (including phenoxy) is 2. The normalized spacial score (nSPS) is 30.6. The first-order valence-electron chi connectivity index (χ1n) is 10.2. The smallest absolute Gasteiger partial charge is 0.200 e. The van der Waals surface area contributed by atoms with Gasteiger partial charge in [0.1, 0.15) is 29.7 Å². The fourth-order valence-corrected chi connectivity index (χ4v) is 5.31. The molecule has 4 nitrogen and oxygen atoms in total.